The van der Waals surface area contributed by atoms with Gasteiger partial charge in [0.15, 0.2) is 0 Å². The molecule has 71 heavy (non-hydrogen) atoms. The summed E-state index contributed by atoms with van der Waals surface area (Å²) in [5, 5.41) is 9.80. The van der Waals surface area contributed by atoms with Gasteiger partial charge in [-0.3, -0.25) is 0 Å². The molecule has 2 aliphatic rings. The molecule has 3 aromatic heterocycles. The van der Waals surface area contributed by atoms with Gasteiger partial charge in [-0.25, -0.2) is 4.99 Å². The van der Waals surface area contributed by atoms with E-state index in [1.54, 1.807) is 0 Å². The summed E-state index contributed by atoms with van der Waals surface area (Å²) < 4.78 is 10.2. The topological polar surface area (TPSA) is 45.7 Å². The average Bonchev–Trinajstić information content (AvgIpc) is 4.12. The van der Waals surface area contributed by atoms with Crippen LogP contribution >= 0.6 is 11.3 Å². The molecule has 2 unspecified atom stereocenters. The zero-order valence-electron chi connectivity index (χ0n) is 39.0. The number of para-hydroxylation sites is 4. The molecular weight excluding hydrogens is 885 g/mol. The first-order chi connectivity index (χ1) is 35.1. The van der Waals surface area contributed by atoms with Crippen molar-refractivity contribution in [2.24, 2.45) is 4.99 Å². The van der Waals surface area contributed by atoms with E-state index in [1.807, 2.05) is 17.4 Å². The Bertz CT molecular complexity index is 4140. The summed E-state index contributed by atoms with van der Waals surface area (Å²) in [6, 6.07) is 78.3. The Morgan fingerprint density at radius 3 is 2.17 bits per heavy atom. The number of allylic oxidation sites excluding steroid dienone is 3. The molecule has 1 N–H and O–H groups in total. The van der Waals surface area contributed by atoms with Gasteiger partial charge in [-0.15, -0.1) is 11.3 Å². The first kappa shape index (κ1) is 41.3. The van der Waals surface area contributed by atoms with Crippen LogP contribution in [0.25, 0.3) is 70.6 Å². The van der Waals surface area contributed by atoms with E-state index in [0.29, 0.717) is 0 Å². The van der Waals surface area contributed by atoms with E-state index in [0.717, 1.165) is 90.0 Å². The number of anilines is 2. The number of furan rings is 1. The van der Waals surface area contributed by atoms with Gasteiger partial charge in [0, 0.05) is 65.2 Å². The Morgan fingerprint density at radius 2 is 1.34 bits per heavy atom. The standard InChI is InChI=1S/C65H46N4OS/c1-65(53-29-16-28-50-49-26-11-13-32-57(49)70-62(50)53)38-36-48(37-39-65)68(46-22-7-3-8-23-46)55-30-17-31-56-59(55)52-41-45(34-35-54(52)69(56)47-24-9-4-10-25-47)64-66-60(63-61(67-64)51-27-12-14-33-58(51)71-63)44-21-15-20-43(40-44)42-18-5-2-6-19-42/h2-38,40-41,60H,39H2,1H3,(H,66,67). The van der Waals surface area contributed by atoms with Crippen LogP contribution in [0, 0.1) is 0 Å². The fourth-order valence-electron chi connectivity index (χ4n) is 11.1. The minimum atomic E-state index is -0.286. The quantitative estimate of drug-likeness (QED) is 0.165. The summed E-state index contributed by atoms with van der Waals surface area (Å²) in [5.74, 6) is 0.854. The van der Waals surface area contributed by atoms with Crippen molar-refractivity contribution in [2.75, 3.05) is 4.90 Å². The second-order valence-electron chi connectivity index (χ2n) is 18.9. The molecule has 4 heterocycles. The van der Waals surface area contributed by atoms with Crippen LogP contribution in [0.2, 0.25) is 0 Å². The molecule has 9 aromatic carbocycles. The highest BCUT2D eigenvalue weighted by molar-refractivity contribution is 7.19. The van der Waals surface area contributed by atoms with E-state index >= 15 is 0 Å². The predicted octanol–water partition coefficient (Wildman–Crippen LogP) is 17.3. The van der Waals surface area contributed by atoms with Gasteiger partial charge in [-0.05, 0) is 102 Å². The fourth-order valence-corrected chi connectivity index (χ4v) is 12.4. The van der Waals surface area contributed by atoms with Crippen LogP contribution in [0.1, 0.15) is 41.0 Å². The van der Waals surface area contributed by atoms with Gasteiger partial charge < -0.3 is 19.2 Å². The molecule has 14 rings (SSSR count). The van der Waals surface area contributed by atoms with E-state index in [4.69, 9.17) is 9.41 Å². The molecule has 338 valence electrons. The van der Waals surface area contributed by atoms with Crippen molar-refractivity contribution in [2.45, 2.75) is 24.8 Å². The smallest absolute Gasteiger partial charge is 0.139 e. The number of thiophene rings is 1. The van der Waals surface area contributed by atoms with Crippen LogP contribution in [-0.4, -0.2) is 10.4 Å². The van der Waals surface area contributed by atoms with E-state index in [9.17, 15) is 0 Å². The summed E-state index contributed by atoms with van der Waals surface area (Å²) in [6.07, 6.45) is 7.90. The normalized spacial score (nSPS) is 16.6. The molecule has 0 saturated heterocycles. The molecule has 2 atom stereocenters. The molecule has 5 nitrogen and oxygen atoms in total. The van der Waals surface area contributed by atoms with Gasteiger partial charge in [0.1, 0.15) is 17.0 Å². The summed E-state index contributed by atoms with van der Waals surface area (Å²) in [4.78, 5) is 9.20. The summed E-state index contributed by atoms with van der Waals surface area (Å²) >= 11 is 1.83. The highest BCUT2D eigenvalue weighted by Crippen LogP contribution is 2.49. The second-order valence-corrected chi connectivity index (χ2v) is 20.0. The lowest BCUT2D eigenvalue weighted by molar-refractivity contribution is 0.577. The molecule has 1 aliphatic heterocycles. The van der Waals surface area contributed by atoms with Crippen molar-refractivity contribution in [1.29, 1.82) is 0 Å². The third kappa shape index (κ3) is 6.78. The monoisotopic (exact) mass is 930 g/mol. The predicted molar refractivity (Wildman–Crippen MR) is 297 cm³/mol. The number of rotatable bonds is 8. The third-order valence-electron chi connectivity index (χ3n) is 14.6. The van der Waals surface area contributed by atoms with Crippen molar-refractivity contribution < 1.29 is 4.42 Å². The van der Waals surface area contributed by atoms with Gasteiger partial charge in [-0.2, -0.15) is 0 Å². The maximum atomic E-state index is 6.60. The summed E-state index contributed by atoms with van der Waals surface area (Å²) in [5.41, 5.74) is 15.1. The van der Waals surface area contributed by atoms with Gasteiger partial charge in [0.05, 0.1) is 33.3 Å². The van der Waals surface area contributed by atoms with Crippen LogP contribution in [-0.2, 0) is 5.41 Å². The van der Waals surface area contributed by atoms with Gasteiger partial charge in [0.25, 0.3) is 0 Å². The maximum absolute atomic E-state index is 6.60. The molecule has 0 bridgehead atoms. The number of hydrogen-bond donors (Lipinski definition) is 1. The van der Waals surface area contributed by atoms with Crippen molar-refractivity contribution in [1.82, 2.24) is 9.88 Å². The van der Waals surface area contributed by atoms with E-state index in [-0.39, 0.29) is 11.5 Å². The maximum Gasteiger partial charge on any atom is 0.139 e. The van der Waals surface area contributed by atoms with Crippen molar-refractivity contribution in [3.63, 3.8) is 0 Å². The lowest BCUT2D eigenvalue weighted by atomic mass is 9.76. The lowest BCUT2D eigenvalue weighted by Gasteiger charge is -2.33. The Kier molecular flexibility index (Phi) is 9.58. The number of amidine groups is 1. The van der Waals surface area contributed by atoms with Crippen LogP contribution in [0.5, 0.6) is 0 Å². The first-order valence-electron chi connectivity index (χ1n) is 24.4. The molecule has 0 fully saturated rings. The highest BCUT2D eigenvalue weighted by atomic mass is 32.1. The molecular formula is C65H46N4OS. The zero-order valence-corrected chi connectivity index (χ0v) is 39.8. The van der Waals surface area contributed by atoms with Gasteiger partial charge in [-0.1, -0.05) is 165 Å². The van der Waals surface area contributed by atoms with E-state index in [1.165, 1.54) is 37.2 Å². The molecule has 0 spiro atoms. The Hall–Kier alpha value is -8.71. The largest absolute Gasteiger partial charge is 0.456 e. The number of benzene rings is 9. The molecule has 0 saturated carbocycles. The average molecular weight is 931 g/mol. The lowest BCUT2D eigenvalue weighted by Crippen LogP contribution is -2.32. The number of nitrogens with zero attached hydrogens (tertiary/aromatic N) is 3. The number of nitrogens with one attached hydrogen (secondary N) is 1. The van der Waals surface area contributed by atoms with Crippen LogP contribution < -0.4 is 10.2 Å². The number of aromatic nitrogens is 1. The second kappa shape index (κ2) is 16.5. The van der Waals surface area contributed by atoms with E-state index < -0.39 is 0 Å². The third-order valence-corrected chi connectivity index (χ3v) is 15.9. The molecule has 0 amide bonds. The SMILES string of the molecule is CC1(c2cccc3c2oc2ccccc23)C=CC(N(c2ccccc2)c2cccc3c2c2cc(C4=Nc5c(sc6ccccc56)C(c5cccc(-c6ccccc6)c5)N4)ccc2n3-c2ccccc2)=CC1. The molecule has 0 radical (unpaired) electrons. The molecule has 12 aromatic rings. The Labute approximate surface area is 415 Å². The first-order valence-corrected chi connectivity index (χ1v) is 25.2. The summed E-state index contributed by atoms with van der Waals surface area (Å²) in [6.45, 7) is 2.33. The highest BCUT2D eigenvalue weighted by Gasteiger charge is 2.32. The number of hydrogen-bond acceptors (Lipinski definition) is 5. The van der Waals surface area contributed by atoms with Gasteiger partial charge in [0.2, 0.25) is 0 Å². The minimum absolute atomic E-state index is 0.0985. The number of aliphatic imine (C=N–C) groups is 1. The van der Waals surface area contributed by atoms with Crippen LogP contribution in [0.3, 0.4) is 0 Å². The van der Waals surface area contributed by atoms with E-state index in [2.05, 4.69) is 252 Å². The Balaban J connectivity index is 0.935. The van der Waals surface area contributed by atoms with Crippen molar-refractivity contribution in [3.05, 3.63) is 264 Å². The van der Waals surface area contributed by atoms with Crippen LogP contribution in [0.4, 0.5) is 17.1 Å². The van der Waals surface area contributed by atoms with Crippen LogP contribution in [0.15, 0.2) is 252 Å². The number of fused-ring (bicyclic) bond motifs is 9. The minimum Gasteiger partial charge on any atom is -0.456 e. The van der Waals surface area contributed by atoms with Gasteiger partial charge >= 0.3 is 0 Å². The summed E-state index contributed by atoms with van der Waals surface area (Å²) in [7, 11) is 0. The molecule has 6 heteroatoms. The fraction of sp³-hybridized carbons (Fsp3) is 0.0615. The molecule has 1 aliphatic carbocycles. The van der Waals surface area contributed by atoms with Crippen molar-refractivity contribution in [3.8, 4) is 16.8 Å². The Morgan fingerprint density at radius 1 is 0.620 bits per heavy atom. The van der Waals surface area contributed by atoms with Crippen molar-refractivity contribution >= 4 is 88.1 Å². The zero-order chi connectivity index (χ0) is 47.0.